The van der Waals surface area contributed by atoms with Gasteiger partial charge in [-0.2, -0.15) is 0 Å². The fourth-order valence-electron chi connectivity index (χ4n) is 4.54. The monoisotopic (exact) mass is 251 g/mol. The highest BCUT2D eigenvalue weighted by atomic mass is 16.6. The molecule has 0 N–H and O–H groups in total. The van der Waals surface area contributed by atoms with Gasteiger partial charge in [0.2, 0.25) is 5.91 Å². The number of hydrogen-bond acceptors (Lipinski definition) is 3. The van der Waals surface area contributed by atoms with E-state index in [0.717, 1.165) is 12.8 Å². The van der Waals surface area contributed by atoms with Crippen LogP contribution in [0.4, 0.5) is 4.79 Å². The standard InChI is InChI=1S/C14H21NO3/c1-5-9(16)15-11-10(18-12(15)17)8-6-7-14(11,4)13(8,2)3/h8,10-11H,5-7H2,1-4H3/t8-,10-,11-,14+/m1/s1. The Morgan fingerprint density at radius 1 is 1.44 bits per heavy atom. The maximum atomic E-state index is 12.0. The number of fused-ring (bicyclic) bond motifs is 5. The zero-order chi connectivity index (χ0) is 13.3. The zero-order valence-electron chi connectivity index (χ0n) is 11.5. The molecule has 100 valence electrons. The highest BCUT2D eigenvalue weighted by molar-refractivity contribution is 5.94. The van der Waals surface area contributed by atoms with E-state index in [9.17, 15) is 9.59 Å². The van der Waals surface area contributed by atoms with Crippen molar-refractivity contribution in [3.63, 3.8) is 0 Å². The van der Waals surface area contributed by atoms with Crippen LogP contribution in [0.25, 0.3) is 0 Å². The molecule has 0 aromatic carbocycles. The molecule has 4 atom stereocenters. The summed E-state index contributed by atoms with van der Waals surface area (Å²) in [5.74, 6) is 0.295. The van der Waals surface area contributed by atoms with Gasteiger partial charge in [0.25, 0.3) is 0 Å². The van der Waals surface area contributed by atoms with Crippen LogP contribution in [0.15, 0.2) is 0 Å². The number of hydrogen-bond donors (Lipinski definition) is 0. The van der Waals surface area contributed by atoms with Crippen LogP contribution in [-0.4, -0.2) is 29.0 Å². The summed E-state index contributed by atoms with van der Waals surface area (Å²) in [6, 6.07) is -0.0498. The van der Waals surface area contributed by atoms with Gasteiger partial charge in [-0.25, -0.2) is 9.69 Å². The van der Waals surface area contributed by atoms with Crippen LogP contribution >= 0.6 is 0 Å². The lowest BCUT2D eigenvalue weighted by Crippen LogP contribution is -2.50. The fraction of sp³-hybridized carbons (Fsp3) is 0.857. The highest BCUT2D eigenvalue weighted by Crippen LogP contribution is 2.68. The van der Waals surface area contributed by atoms with Crippen LogP contribution in [-0.2, 0) is 9.53 Å². The predicted octanol–water partition coefficient (Wildman–Crippen LogP) is 2.57. The Balaban J connectivity index is 2.05. The Kier molecular flexibility index (Phi) is 2.19. The third-order valence-electron chi connectivity index (χ3n) is 6.02. The lowest BCUT2D eigenvalue weighted by atomic mass is 9.69. The molecule has 2 aliphatic carbocycles. The van der Waals surface area contributed by atoms with Crippen molar-refractivity contribution in [3.8, 4) is 0 Å². The summed E-state index contributed by atoms with van der Waals surface area (Å²) >= 11 is 0. The van der Waals surface area contributed by atoms with Gasteiger partial charge in [0.15, 0.2) is 0 Å². The minimum atomic E-state index is -0.425. The van der Waals surface area contributed by atoms with Gasteiger partial charge in [-0.3, -0.25) is 4.79 Å². The molecule has 0 unspecified atom stereocenters. The summed E-state index contributed by atoms with van der Waals surface area (Å²) in [5.41, 5.74) is 0.134. The van der Waals surface area contributed by atoms with Crippen molar-refractivity contribution in [2.45, 2.75) is 59.1 Å². The molecule has 1 saturated heterocycles. The van der Waals surface area contributed by atoms with Crippen LogP contribution in [0, 0.1) is 16.7 Å². The number of amides is 2. The molecular weight excluding hydrogens is 230 g/mol. The van der Waals surface area contributed by atoms with Gasteiger partial charge in [0, 0.05) is 12.3 Å². The van der Waals surface area contributed by atoms with Gasteiger partial charge < -0.3 is 4.74 Å². The van der Waals surface area contributed by atoms with Crippen LogP contribution in [0.5, 0.6) is 0 Å². The number of imide groups is 1. The van der Waals surface area contributed by atoms with E-state index in [4.69, 9.17) is 4.74 Å². The van der Waals surface area contributed by atoms with E-state index >= 15 is 0 Å². The second kappa shape index (κ2) is 3.28. The molecule has 4 nitrogen and oxygen atoms in total. The van der Waals surface area contributed by atoms with Crippen molar-refractivity contribution in [3.05, 3.63) is 0 Å². The molecule has 18 heavy (non-hydrogen) atoms. The molecule has 1 heterocycles. The first-order valence-corrected chi connectivity index (χ1v) is 6.87. The lowest BCUT2D eigenvalue weighted by Gasteiger charge is -2.40. The van der Waals surface area contributed by atoms with Crippen molar-refractivity contribution in [1.82, 2.24) is 4.90 Å². The van der Waals surface area contributed by atoms with E-state index in [2.05, 4.69) is 20.8 Å². The number of carbonyl (C=O) groups is 2. The summed E-state index contributed by atoms with van der Waals surface area (Å²) in [5, 5.41) is 0. The van der Waals surface area contributed by atoms with Crippen LogP contribution in [0.1, 0.15) is 47.0 Å². The quantitative estimate of drug-likeness (QED) is 0.719. The van der Waals surface area contributed by atoms with Crippen molar-refractivity contribution < 1.29 is 14.3 Å². The molecule has 2 amide bonds. The molecule has 0 aromatic heterocycles. The first-order chi connectivity index (χ1) is 8.34. The van der Waals surface area contributed by atoms with E-state index in [1.165, 1.54) is 4.90 Å². The third-order valence-corrected chi connectivity index (χ3v) is 6.02. The van der Waals surface area contributed by atoms with Gasteiger partial charge in [-0.15, -0.1) is 0 Å². The Bertz CT molecular complexity index is 431. The number of carbonyl (C=O) groups excluding carboxylic acids is 2. The Morgan fingerprint density at radius 2 is 2.11 bits per heavy atom. The second-order valence-corrected chi connectivity index (χ2v) is 6.69. The second-order valence-electron chi connectivity index (χ2n) is 6.69. The fourth-order valence-corrected chi connectivity index (χ4v) is 4.54. The third kappa shape index (κ3) is 1.08. The summed E-state index contributed by atoms with van der Waals surface area (Å²) in [7, 11) is 0. The van der Waals surface area contributed by atoms with Crippen LogP contribution in [0.3, 0.4) is 0 Å². The molecule has 3 fully saturated rings. The van der Waals surface area contributed by atoms with E-state index in [0.29, 0.717) is 12.3 Å². The largest absolute Gasteiger partial charge is 0.443 e. The van der Waals surface area contributed by atoms with Gasteiger partial charge in [-0.1, -0.05) is 27.7 Å². The van der Waals surface area contributed by atoms with E-state index in [-0.39, 0.29) is 28.9 Å². The number of rotatable bonds is 1. The molecule has 1 aliphatic heterocycles. The van der Waals surface area contributed by atoms with Gasteiger partial charge in [-0.05, 0) is 23.7 Å². The minimum Gasteiger partial charge on any atom is -0.443 e. The molecule has 0 spiro atoms. The number of ether oxygens (including phenoxy) is 1. The maximum absolute atomic E-state index is 12.0. The van der Waals surface area contributed by atoms with Gasteiger partial charge >= 0.3 is 6.09 Å². The molecule has 3 aliphatic rings. The first kappa shape index (κ1) is 12.0. The first-order valence-electron chi connectivity index (χ1n) is 6.87. The summed E-state index contributed by atoms with van der Waals surface area (Å²) in [6.07, 6.45) is 2.04. The molecular formula is C14H21NO3. The van der Waals surface area contributed by atoms with E-state index < -0.39 is 6.09 Å². The highest BCUT2D eigenvalue weighted by Gasteiger charge is 2.72. The topological polar surface area (TPSA) is 46.6 Å². The molecule has 2 bridgehead atoms. The maximum Gasteiger partial charge on any atom is 0.417 e. The van der Waals surface area contributed by atoms with Crippen molar-refractivity contribution >= 4 is 12.0 Å². The van der Waals surface area contributed by atoms with E-state index in [1.807, 2.05) is 0 Å². The smallest absolute Gasteiger partial charge is 0.417 e. The van der Waals surface area contributed by atoms with Crippen LogP contribution in [0.2, 0.25) is 0 Å². The predicted molar refractivity (Wildman–Crippen MR) is 65.8 cm³/mol. The average molecular weight is 251 g/mol. The van der Waals surface area contributed by atoms with Crippen LogP contribution < -0.4 is 0 Å². The van der Waals surface area contributed by atoms with Gasteiger partial charge in [0.05, 0.1) is 6.04 Å². The summed E-state index contributed by atoms with van der Waals surface area (Å²) in [4.78, 5) is 25.4. The SMILES string of the molecule is CCC(=O)N1C(=O)O[C@@H]2[C@H]3CC[C@@](C)([C@@H]21)C3(C)C. The van der Waals surface area contributed by atoms with Crippen molar-refractivity contribution in [1.29, 1.82) is 0 Å². The minimum absolute atomic E-state index is 0.000671. The lowest BCUT2D eigenvalue weighted by molar-refractivity contribution is -0.131. The normalized spacial score (nSPS) is 44.1. The molecule has 0 aromatic rings. The summed E-state index contributed by atoms with van der Waals surface area (Å²) in [6.45, 7) is 8.52. The van der Waals surface area contributed by atoms with Crippen molar-refractivity contribution in [2.24, 2.45) is 16.7 Å². The summed E-state index contributed by atoms with van der Waals surface area (Å²) < 4.78 is 5.52. The molecule has 4 heteroatoms. The molecule has 3 rings (SSSR count). The van der Waals surface area contributed by atoms with Crippen molar-refractivity contribution in [2.75, 3.05) is 0 Å². The van der Waals surface area contributed by atoms with Gasteiger partial charge in [0.1, 0.15) is 6.10 Å². The Hall–Kier alpha value is -1.06. The Morgan fingerprint density at radius 3 is 2.72 bits per heavy atom. The average Bonchev–Trinajstić information content (AvgIpc) is 2.80. The number of nitrogens with zero attached hydrogens (tertiary/aromatic N) is 1. The Labute approximate surface area is 108 Å². The molecule has 0 radical (unpaired) electrons. The molecule has 2 saturated carbocycles. The van der Waals surface area contributed by atoms with E-state index in [1.54, 1.807) is 6.92 Å². The zero-order valence-corrected chi connectivity index (χ0v) is 11.5.